The van der Waals surface area contributed by atoms with Crippen molar-refractivity contribution in [2.45, 2.75) is 6.54 Å². The van der Waals surface area contributed by atoms with Gasteiger partial charge in [-0.25, -0.2) is 8.78 Å². The van der Waals surface area contributed by atoms with Gasteiger partial charge in [0, 0.05) is 64.5 Å². The van der Waals surface area contributed by atoms with E-state index in [0.717, 1.165) is 26.2 Å². The molecular weight excluding hydrogens is 386 g/mol. The lowest BCUT2D eigenvalue weighted by atomic mass is 10.2. The molecule has 0 radical (unpaired) electrons. The van der Waals surface area contributed by atoms with E-state index >= 15 is 0 Å². The largest absolute Gasteiger partial charge is 0.367 e. The molecule has 2 saturated heterocycles. The Morgan fingerprint density at radius 2 is 1.33 bits per heavy atom. The summed E-state index contributed by atoms with van der Waals surface area (Å²) in [5.74, 6) is -0.235. The zero-order valence-electron chi connectivity index (χ0n) is 17.1. The van der Waals surface area contributed by atoms with Crippen LogP contribution in [0.15, 0.2) is 48.5 Å². The Bertz CT molecular complexity index is 862. The van der Waals surface area contributed by atoms with E-state index < -0.39 is 0 Å². The maximum atomic E-state index is 14.0. The fraction of sp³-hybridized carbons (Fsp3) is 0.435. The minimum absolute atomic E-state index is 0.139. The summed E-state index contributed by atoms with van der Waals surface area (Å²) in [6.07, 6.45) is 0. The van der Waals surface area contributed by atoms with Gasteiger partial charge in [0.1, 0.15) is 11.6 Å². The second-order valence-corrected chi connectivity index (χ2v) is 7.96. The van der Waals surface area contributed by atoms with Crippen molar-refractivity contribution in [2.24, 2.45) is 0 Å². The van der Waals surface area contributed by atoms with Crippen molar-refractivity contribution >= 4 is 11.6 Å². The number of halogens is 2. The number of hydrogen-bond donors (Lipinski definition) is 0. The molecule has 7 heteroatoms. The van der Waals surface area contributed by atoms with Crippen LogP contribution in [0.1, 0.15) is 5.56 Å². The summed E-state index contributed by atoms with van der Waals surface area (Å²) < 4.78 is 27.8. The van der Waals surface area contributed by atoms with Crippen molar-refractivity contribution in [3.05, 3.63) is 65.7 Å². The predicted molar refractivity (Wildman–Crippen MR) is 113 cm³/mol. The standard InChI is InChI=1S/C23H28F2N4O/c24-20-6-2-1-5-19(20)17-26-11-15-29(16-12-26)23(30)18-27-9-13-28(14-10-27)22-8-4-3-7-21(22)25/h1-8H,9-18H2. The van der Waals surface area contributed by atoms with Crippen LogP contribution in [0, 0.1) is 11.6 Å². The zero-order valence-corrected chi connectivity index (χ0v) is 17.1. The van der Waals surface area contributed by atoms with E-state index in [1.165, 1.54) is 12.1 Å². The van der Waals surface area contributed by atoms with Gasteiger partial charge < -0.3 is 9.80 Å². The highest BCUT2D eigenvalue weighted by atomic mass is 19.1. The Morgan fingerprint density at radius 1 is 0.733 bits per heavy atom. The fourth-order valence-electron chi connectivity index (χ4n) is 4.17. The maximum Gasteiger partial charge on any atom is 0.236 e. The molecule has 2 fully saturated rings. The van der Waals surface area contributed by atoms with Crippen molar-refractivity contribution in [3.8, 4) is 0 Å². The molecule has 0 spiro atoms. The molecule has 0 unspecified atom stereocenters. The van der Waals surface area contributed by atoms with Crippen molar-refractivity contribution in [3.63, 3.8) is 0 Å². The summed E-state index contributed by atoms with van der Waals surface area (Å²) >= 11 is 0. The number of carbonyl (C=O) groups is 1. The molecule has 5 nitrogen and oxygen atoms in total. The zero-order chi connectivity index (χ0) is 20.9. The first-order valence-electron chi connectivity index (χ1n) is 10.6. The molecule has 30 heavy (non-hydrogen) atoms. The molecule has 0 saturated carbocycles. The minimum Gasteiger partial charge on any atom is -0.367 e. The third-order valence-electron chi connectivity index (χ3n) is 6.00. The van der Waals surface area contributed by atoms with Crippen LogP contribution in [0.4, 0.5) is 14.5 Å². The maximum absolute atomic E-state index is 14.0. The van der Waals surface area contributed by atoms with Gasteiger partial charge >= 0.3 is 0 Å². The second-order valence-electron chi connectivity index (χ2n) is 7.96. The van der Waals surface area contributed by atoms with E-state index in [-0.39, 0.29) is 17.5 Å². The molecule has 2 aromatic rings. The van der Waals surface area contributed by atoms with E-state index in [0.29, 0.717) is 50.5 Å². The fourth-order valence-corrected chi connectivity index (χ4v) is 4.17. The molecule has 160 valence electrons. The van der Waals surface area contributed by atoms with Gasteiger partial charge in [-0.15, -0.1) is 0 Å². The molecule has 0 bridgehead atoms. The summed E-state index contributed by atoms with van der Waals surface area (Å²) in [4.78, 5) is 21.0. The van der Waals surface area contributed by atoms with E-state index in [9.17, 15) is 13.6 Å². The number of rotatable bonds is 5. The number of hydrogen-bond acceptors (Lipinski definition) is 4. The van der Waals surface area contributed by atoms with Gasteiger partial charge in [0.25, 0.3) is 0 Å². The number of carbonyl (C=O) groups excluding carboxylic acids is 1. The summed E-state index contributed by atoms with van der Waals surface area (Å²) in [5.41, 5.74) is 1.33. The average Bonchev–Trinajstić information content (AvgIpc) is 2.77. The quantitative estimate of drug-likeness (QED) is 0.752. The third kappa shape index (κ3) is 4.96. The van der Waals surface area contributed by atoms with Crippen LogP contribution >= 0.6 is 0 Å². The van der Waals surface area contributed by atoms with Crippen molar-refractivity contribution < 1.29 is 13.6 Å². The van der Waals surface area contributed by atoms with Crippen LogP contribution in [0.5, 0.6) is 0 Å². The Hall–Kier alpha value is -2.51. The molecule has 2 aromatic carbocycles. The Morgan fingerprint density at radius 3 is 2.00 bits per heavy atom. The first-order chi connectivity index (χ1) is 14.6. The highest BCUT2D eigenvalue weighted by Gasteiger charge is 2.25. The van der Waals surface area contributed by atoms with Crippen LogP contribution in [0.2, 0.25) is 0 Å². The number of benzene rings is 2. The lowest BCUT2D eigenvalue weighted by Crippen LogP contribution is -2.53. The summed E-state index contributed by atoms with van der Waals surface area (Å²) in [5, 5.41) is 0. The molecular formula is C23H28F2N4O. The number of nitrogens with zero attached hydrogens (tertiary/aromatic N) is 4. The van der Waals surface area contributed by atoms with Crippen LogP contribution in [0.3, 0.4) is 0 Å². The first kappa shape index (κ1) is 20.8. The Kier molecular flexibility index (Phi) is 6.59. The number of anilines is 1. The molecule has 0 aliphatic carbocycles. The molecule has 1 amide bonds. The van der Waals surface area contributed by atoms with Gasteiger partial charge in [0.15, 0.2) is 0 Å². The van der Waals surface area contributed by atoms with Crippen molar-refractivity contribution in [1.82, 2.24) is 14.7 Å². The van der Waals surface area contributed by atoms with Gasteiger partial charge in [-0.2, -0.15) is 0 Å². The van der Waals surface area contributed by atoms with Gasteiger partial charge in [-0.3, -0.25) is 14.6 Å². The number of piperazine rings is 2. The molecule has 0 N–H and O–H groups in total. The smallest absolute Gasteiger partial charge is 0.236 e. The van der Waals surface area contributed by atoms with Crippen LogP contribution < -0.4 is 4.90 Å². The van der Waals surface area contributed by atoms with Crippen LogP contribution in [0.25, 0.3) is 0 Å². The normalized spacial score (nSPS) is 18.6. The number of amides is 1. The van der Waals surface area contributed by atoms with Gasteiger partial charge in [-0.1, -0.05) is 30.3 Å². The SMILES string of the molecule is O=C(CN1CCN(c2ccccc2F)CC1)N1CCN(Cc2ccccc2F)CC1. The average molecular weight is 415 g/mol. The van der Waals surface area contributed by atoms with E-state index in [2.05, 4.69) is 9.80 Å². The highest BCUT2D eigenvalue weighted by Crippen LogP contribution is 2.20. The summed E-state index contributed by atoms with van der Waals surface area (Å²) in [6, 6.07) is 13.7. The lowest BCUT2D eigenvalue weighted by Gasteiger charge is -2.38. The van der Waals surface area contributed by atoms with Crippen molar-refractivity contribution in [2.75, 3.05) is 63.8 Å². The molecule has 0 atom stereocenters. The molecule has 4 rings (SSSR count). The van der Waals surface area contributed by atoms with E-state index in [1.54, 1.807) is 18.2 Å². The molecule has 2 aliphatic heterocycles. The second kappa shape index (κ2) is 9.53. The molecule has 2 heterocycles. The summed E-state index contributed by atoms with van der Waals surface area (Å²) in [7, 11) is 0. The molecule has 2 aliphatic rings. The molecule has 0 aromatic heterocycles. The summed E-state index contributed by atoms with van der Waals surface area (Å²) in [6.45, 7) is 6.73. The Balaban J connectivity index is 1.21. The topological polar surface area (TPSA) is 30.0 Å². The minimum atomic E-state index is -0.199. The van der Waals surface area contributed by atoms with Gasteiger partial charge in [0.05, 0.1) is 12.2 Å². The highest BCUT2D eigenvalue weighted by molar-refractivity contribution is 5.78. The van der Waals surface area contributed by atoms with Crippen LogP contribution in [-0.2, 0) is 11.3 Å². The van der Waals surface area contributed by atoms with E-state index in [1.807, 2.05) is 28.0 Å². The monoisotopic (exact) mass is 414 g/mol. The first-order valence-corrected chi connectivity index (χ1v) is 10.6. The van der Waals surface area contributed by atoms with Crippen molar-refractivity contribution in [1.29, 1.82) is 0 Å². The Labute approximate surface area is 176 Å². The van der Waals surface area contributed by atoms with Crippen LogP contribution in [-0.4, -0.2) is 79.5 Å². The van der Waals surface area contributed by atoms with Gasteiger partial charge in [-0.05, 0) is 18.2 Å². The number of para-hydroxylation sites is 1. The van der Waals surface area contributed by atoms with Gasteiger partial charge in [0.2, 0.25) is 5.91 Å². The third-order valence-corrected chi connectivity index (χ3v) is 6.00. The lowest BCUT2D eigenvalue weighted by molar-refractivity contribution is -0.134. The van der Waals surface area contributed by atoms with E-state index in [4.69, 9.17) is 0 Å². The predicted octanol–water partition coefficient (Wildman–Crippen LogP) is 2.43.